The Hall–Kier alpha value is -1.56. The van der Waals surface area contributed by atoms with Gasteiger partial charge in [-0.15, -0.1) is 0 Å². The lowest BCUT2D eigenvalue weighted by Crippen LogP contribution is -2.45. The zero-order valence-corrected chi connectivity index (χ0v) is 10.2. The molecule has 0 saturated carbocycles. The number of nitrogens with zero attached hydrogens (tertiary/aromatic N) is 1. The van der Waals surface area contributed by atoms with Crippen LogP contribution in [0.3, 0.4) is 0 Å². The van der Waals surface area contributed by atoms with Gasteiger partial charge in [-0.25, -0.2) is 9.59 Å². The minimum absolute atomic E-state index is 0.216. The molecular formula is C11H18N2O4. The van der Waals surface area contributed by atoms with Crippen LogP contribution in [0.5, 0.6) is 0 Å². The highest BCUT2D eigenvalue weighted by Crippen LogP contribution is 1.99. The molecule has 0 aliphatic carbocycles. The molecule has 6 heteroatoms. The number of morpholine rings is 1. The minimum Gasteiger partial charge on any atom is -0.463 e. The number of carbonyl (C=O) groups excluding carboxylic acids is 2. The van der Waals surface area contributed by atoms with Crippen molar-refractivity contribution in [2.75, 3.05) is 32.9 Å². The summed E-state index contributed by atoms with van der Waals surface area (Å²) in [4.78, 5) is 24.5. The number of ether oxygens (including phenoxy) is 2. The normalized spacial score (nSPS) is 16.6. The lowest BCUT2D eigenvalue weighted by atomic mass is 10.4. The fourth-order valence-corrected chi connectivity index (χ4v) is 1.41. The van der Waals surface area contributed by atoms with E-state index >= 15 is 0 Å². The van der Waals surface area contributed by atoms with Crippen LogP contribution in [0.25, 0.3) is 0 Å². The summed E-state index contributed by atoms with van der Waals surface area (Å²) < 4.78 is 9.88. The standard InChI is InChI=1S/C11H18N2O4/c1-3-17-10(14)8-9(2)12-11(15)13-4-6-16-7-5-13/h8H,3-7H2,1-2H3,(H,12,15)/b9-8+. The fourth-order valence-electron chi connectivity index (χ4n) is 1.41. The molecule has 0 radical (unpaired) electrons. The molecule has 1 saturated heterocycles. The largest absolute Gasteiger partial charge is 0.463 e. The summed E-state index contributed by atoms with van der Waals surface area (Å²) in [7, 11) is 0. The second kappa shape index (κ2) is 6.90. The molecule has 1 N–H and O–H groups in total. The molecule has 6 nitrogen and oxygen atoms in total. The quantitative estimate of drug-likeness (QED) is 0.578. The summed E-state index contributed by atoms with van der Waals surface area (Å²) in [6, 6.07) is -0.216. The molecule has 0 atom stereocenters. The maximum atomic E-state index is 11.7. The van der Waals surface area contributed by atoms with Crippen LogP contribution in [0.4, 0.5) is 4.79 Å². The highest BCUT2D eigenvalue weighted by Gasteiger charge is 2.16. The van der Waals surface area contributed by atoms with E-state index in [1.807, 2.05) is 0 Å². The van der Waals surface area contributed by atoms with Crippen molar-refractivity contribution in [3.05, 3.63) is 11.8 Å². The van der Waals surface area contributed by atoms with E-state index in [0.717, 1.165) is 0 Å². The second-order valence-electron chi connectivity index (χ2n) is 3.61. The number of esters is 1. The number of urea groups is 1. The van der Waals surface area contributed by atoms with E-state index in [1.54, 1.807) is 18.7 Å². The number of hydrogen-bond donors (Lipinski definition) is 1. The molecule has 0 bridgehead atoms. The molecule has 96 valence electrons. The molecule has 0 aromatic heterocycles. The third-order valence-electron chi connectivity index (χ3n) is 2.22. The predicted molar refractivity (Wildman–Crippen MR) is 61.3 cm³/mol. The van der Waals surface area contributed by atoms with Gasteiger partial charge < -0.3 is 19.7 Å². The van der Waals surface area contributed by atoms with E-state index in [-0.39, 0.29) is 6.03 Å². The van der Waals surface area contributed by atoms with Gasteiger partial charge in [0.2, 0.25) is 0 Å². The van der Waals surface area contributed by atoms with Crippen molar-refractivity contribution >= 4 is 12.0 Å². The first-order valence-corrected chi connectivity index (χ1v) is 5.62. The average Bonchev–Trinajstić information content (AvgIpc) is 2.30. The summed E-state index contributed by atoms with van der Waals surface area (Å²) in [6.45, 7) is 5.93. The Labute approximate surface area is 101 Å². The smallest absolute Gasteiger partial charge is 0.332 e. The van der Waals surface area contributed by atoms with Gasteiger partial charge in [-0.05, 0) is 13.8 Å². The number of allylic oxidation sites excluding steroid dienone is 1. The molecule has 0 spiro atoms. The van der Waals surface area contributed by atoms with E-state index in [4.69, 9.17) is 9.47 Å². The molecule has 0 aromatic carbocycles. The lowest BCUT2D eigenvalue weighted by molar-refractivity contribution is -0.137. The fraction of sp³-hybridized carbons (Fsp3) is 0.636. The van der Waals surface area contributed by atoms with Gasteiger partial charge in [0.25, 0.3) is 0 Å². The SMILES string of the molecule is CCOC(=O)/C=C(\C)NC(=O)N1CCOCC1. The van der Waals surface area contributed by atoms with E-state index < -0.39 is 5.97 Å². The van der Waals surface area contributed by atoms with Crippen molar-refractivity contribution in [3.8, 4) is 0 Å². The number of amides is 2. The van der Waals surface area contributed by atoms with Crippen LogP contribution in [0.1, 0.15) is 13.8 Å². The highest BCUT2D eigenvalue weighted by atomic mass is 16.5. The molecule has 1 heterocycles. The molecule has 0 aromatic rings. The van der Waals surface area contributed by atoms with E-state index in [9.17, 15) is 9.59 Å². The first-order valence-electron chi connectivity index (χ1n) is 5.62. The average molecular weight is 242 g/mol. The van der Waals surface area contributed by atoms with Crippen LogP contribution >= 0.6 is 0 Å². The summed E-state index contributed by atoms with van der Waals surface area (Å²) in [5.74, 6) is -0.452. The number of nitrogens with one attached hydrogen (secondary N) is 1. The van der Waals surface area contributed by atoms with Crippen LogP contribution in [-0.4, -0.2) is 49.8 Å². The van der Waals surface area contributed by atoms with Crippen molar-refractivity contribution < 1.29 is 19.1 Å². The van der Waals surface area contributed by atoms with Crippen molar-refractivity contribution in [2.24, 2.45) is 0 Å². The van der Waals surface area contributed by atoms with Crippen LogP contribution in [0, 0.1) is 0 Å². The molecule has 0 unspecified atom stereocenters. The molecule has 1 aliphatic rings. The van der Waals surface area contributed by atoms with Gasteiger partial charge in [0, 0.05) is 24.9 Å². The van der Waals surface area contributed by atoms with Crippen LogP contribution in [0.15, 0.2) is 11.8 Å². The zero-order chi connectivity index (χ0) is 12.7. The van der Waals surface area contributed by atoms with Crippen molar-refractivity contribution in [3.63, 3.8) is 0 Å². The Morgan fingerprint density at radius 3 is 2.65 bits per heavy atom. The number of hydrogen-bond acceptors (Lipinski definition) is 4. The van der Waals surface area contributed by atoms with Crippen LogP contribution < -0.4 is 5.32 Å². The first kappa shape index (κ1) is 13.5. The summed E-state index contributed by atoms with van der Waals surface area (Å²) in [6.07, 6.45) is 1.27. The third-order valence-corrected chi connectivity index (χ3v) is 2.22. The predicted octanol–water partition coefficient (Wildman–Crippen LogP) is 0.495. The Balaban J connectivity index is 2.41. The second-order valence-corrected chi connectivity index (χ2v) is 3.61. The molecule has 17 heavy (non-hydrogen) atoms. The van der Waals surface area contributed by atoms with Crippen molar-refractivity contribution in [1.82, 2.24) is 10.2 Å². The summed E-state index contributed by atoms with van der Waals surface area (Å²) in [5, 5.41) is 2.63. The lowest BCUT2D eigenvalue weighted by Gasteiger charge is -2.26. The molecule has 1 rings (SSSR count). The van der Waals surface area contributed by atoms with Gasteiger partial charge in [0.05, 0.1) is 19.8 Å². The summed E-state index contributed by atoms with van der Waals surface area (Å²) in [5.41, 5.74) is 0.472. The molecular weight excluding hydrogens is 224 g/mol. The maximum Gasteiger partial charge on any atom is 0.332 e. The topological polar surface area (TPSA) is 67.9 Å². The van der Waals surface area contributed by atoms with Crippen molar-refractivity contribution in [2.45, 2.75) is 13.8 Å². The minimum atomic E-state index is -0.452. The Morgan fingerprint density at radius 2 is 2.06 bits per heavy atom. The molecule has 1 fully saturated rings. The maximum absolute atomic E-state index is 11.7. The number of carbonyl (C=O) groups is 2. The van der Waals surface area contributed by atoms with Gasteiger partial charge in [0.15, 0.2) is 0 Å². The summed E-state index contributed by atoms with van der Waals surface area (Å²) >= 11 is 0. The van der Waals surface area contributed by atoms with Crippen LogP contribution in [0.2, 0.25) is 0 Å². The monoisotopic (exact) mass is 242 g/mol. The highest BCUT2D eigenvalue weighted by molar-refractivity contribution is 5.84. The Kier molecular flexibility index (Phi) is 5.48. The Bertz CT molecular complexity index is 309. The van der Waals surface area contributed by atoms with Gasteiger partial charge in [-0.3, -0.25) is 0 Å². The van der Waals surface area contributed by atoms with Gasteiger partial charge in [0.1, 0.15) is 0 Å². The van der Waals surface area contributed by atoms with E-state index in [2.05, 4.69) is 5.32 Å². The van der Waals surface area contributed by atoms with E-state index in [1.165, 1.54) is 6.08 Å². The number of rotatable bonds is 3. The molecule has 2 amide bonds. The van der Waals surface area contributed by atoms with Crippen molar-refractivity contribution in [1.29, 1.82) is 0 Å². The Morgan fingerprint density at radius 1 is 1.41 bits per heavy atom. The van der Waals surface area contributed by atoms with Gasteiger partial charge >= 0.3 is 12.0 Å². The van der Waals surface area contributed by atoms with Gasteiger partial charge in [-0.2, -0.15) is 0 Å². The van der Waals surface area contributed by atoms with Gasteiger partial charge in [-0.1, -0.05) is 0 Å². The molecule has 1 aliphatic heterocycles. The first-order chi connectivity index (χ1) is 8.13. The van der Waals surface area contributed by atoms with E-state index in [0.29, 0.717) is 38.6 Å². The third kappa shape index (κ3) is 4.86. The zero-order valence-electron chi connectivity index (χ0n) is 10.2. The van der Waals surface area contributed by atoms with Crippen LogP contribution in [-0.2, 0) is 14.3 Å².